The highest BCUT2D eigenvalue weighted by Crippen LogP contribution is 2.25. The molecule has 2 aliphatic rings. The zero-order valence-electron chi connectivity index (χ0n) is 16.7. The monoisotopic (exact) mass is 402 g/mol. The van der Waals surface area contributed by atoms with Crippen molar-refractivity contribution in [3.8, 4) is 0 Å². The van der Waals surface area contributed by atoms with Crippen LogP contribution in [0, 0.1) is 0 Å². The molecule has 0 aromatic heterocycles. The number of hydrogen-bond donors (Lipinski definition) is 0. The van der Waals surface area contributed by atoms with E-state index in [1.54, 1.807) is 36.4 Å². The molecule has 0 fully saturated rings. The van der Waals surface area contributed by atoms with Crippen molar-refractivity contribution in [3.05, 3.63) is 68.9 Å². The lowest BCUT2D eigenvalue weighted by Crippen LogP contribution is -2.47. The predicted octanol–water partition coefficient (Wildman–Crippen LogP) is -0.241. The molecule has 2 aliphatic carbocycles. The van der Waals surface area contributed by atoms with Gasteiger partial charge >= 0.3 is 11.9 Å². The molecule has 6 heteroatoms. The minimum Gasteiger partial charge on any atom is -0.422 e. The highest BCUT2D eigenvalue weighted by atomic mass is 16.5. The third-order valence-electron chi connectivity index (χ3n) is 5.06. The van der Waals surface area contributed by atoms with E-state index >= 15 is 0 Å². The third kappa shape index (κ3) is 2.97. The SMILES string of the molecule is CCc1ccc2c(c1)=C(OC(C)=O)C(=O)C1=c3ccccc3=C(OC(C)=O)C(=O)C=21. The molecule has 150 valence electrons. The maximum atomic E-state index is 13.5. The first-order chi connectivity index (χ1) is 14.3. The first-order valence-corrected chi connectivity index (χ1v) is 9.51. The lowest BCUT2D eigenvalue weighted by molar-refractivity contribution is -0.136. The average molecular weight is 402 g/mol. The van der Waals surface area contributed by atoms with Crippen molar-refractivity contribution in [2.24, 2.45) is 0 Å². The Labute approximate surface area is 171 Å². The number of ether oxygens (including phenoxy) is 2. The number of carbonyl (C=O) groups excluding carboxylic acids is 4. The maximum absolute atomic E-state index is 13.5. The molecule has 6 nitrogen and oxygen atoms in total. The molecule has 0 atom stereocenters. The molecule has 2 aromatic rings. The van der Waals surface area contributed by atoms with E-state index in [0.29, 0.717) is 27.3 Å². The van der Waals surface area contributed by atoms with Gasteiger partial charge in [0.1, 0.15) is 0 Å². The van der Waals surface area contributed by atoms with E-state index in [1.807, 2.05) is 13.0 Å². The van der Waals surface area contributed by atoms with Crippen molar-refractivity contribution in [3.63, 3.8) is 0 Å². The van der Waals surface area contributed by atoms with Gasteiger partial charge in [-0.15, -0.1) is 0 Å². The lowest BCUT2D eigenvalue weighted by Gasteiger charge is -2.22. The molecular formula is C24H18O6. The summed E-state index contributed by atoms with van der Waals surface area (Å²) in [5.74, 6) is -2.59. The Morgan fingerprint density at radius 3 is 1.77 bits per heavy atom. The number of ketones is 2. The topological polar surface area (TPSA) is 86.7 Å². The second-order valence-electron chi connectivity index (χ2n) is 7.03. The average Bonchev–Trinajstić information content (AvgIpc) is 2.72. The summed E-state index contributed by atoms with van der Waals surface area (Å²) in [6.45, 7) is 4.39. The quantitative estimate of drug-likeness (QED) is 0.659. The van der Waals surface area contributed by atoms with Crippen LogP contribution in [0.25, 0.3) is 22.7 Å². The molecule has 0 radical (unpaired) electrons. The van der Waals surface area contributed by atoms with E-state index in [0.717, 1.165) is 5.56 Å². The molecule has 30 heavy (non-hydrogen) atoms. The summed E-state index contributed by atoms with van der Waals surface area (Å²) in [4.78, 5) is 50.2. The molecule has 0 aliphatic heterocycles. The van der Waals surface area contributed by atoms with Gasteiger partial charge in [0, 0.05) is 35.4 Å². The zero-order valence-corrected chi connectivity index (χ0v) is 16.7. The molecule has 0 heterocycles. The largest absolute Gasteiger partial charge is 0.422 e. The van der Waals surface area contributed by atoms with Gasteiger partial charge in [-0.25, -0.2) is 0 Å². The molecule has 0 N–H and O–H groups in total. The van der Waals surface area contributed by atoms with E-state index in [-0.39, 0.29) is 22.7 Å². The van der Waals surface area contributed by atoms with Gasteiger partial charge in [0.15, 0.2) is 11.5 Å². The zero-order chi connectivity index (χ0) is 21.6. The van der Waals surface area contributed by atoms with E-state index < -0.39 is 23.5 Å². The van der Waals surface area contributed by atoms with Crippen LogP contribution >= 0.6 is 0 Å². The minimum atomic E-state index is -0.631. The number of hydrogen-bond acceptors (Lipinski definition) is 6. The second-order valence-corrected chi connectivity index (χ2v) is 7.03. The molecule has 0 saturated carbocycles. The van der Waals surface area contributed by atoms with E-state index in [1.165, 1.54) is 13.8 Å². The molecular weight excluding hydrogens is 384 g/mol. The lowest BCUT2D eigenvalue weighted by atomic mass is 9.83. The van der Waals surface area contributed by atoms with E-state index in [9.17, 15) is 19.2 Å². The number of aryl methyl sites for hydroxylation is 1. The number of rotatable bonds is 3. The first kappa shape index (κ1) is 19.5. The van der Waals surface area contributed by atoms with Crippen LogP contribution in [0.15, 0.2) is 42.5 Å². The normalized spacial score (nSPS) is 14.8. The summed E-state index contributed by atoms with van der Waals surface area (Å²) in [5, 5.41) is 1.63. The Morgan fingerprint density at radius 1 is 0.733 bits per heavy atom. The Balaban J connectivity index is 2.24. The van der Waals surface area contributed by atoms with Crippen molar-refractivity contribution in [1.29, 1.82) is 0 Å². The van der Waals surface area contributed by atoms with Gasteiger partial charge in [0.05, 0.1) is 0 Å². The summed E-state index contributed by atoms with van der Waals surface area (Å²) in [7, 11) is 0. The van der Waals surface area contributed by atoms with Crippen LogP contribution in [0.4, 0.5) is 0 Å². The Kier molecular flexibility index (Phi) is 4.70. The first-order valence-electron chi connectivity index (χ1n) is 9.51. The number of carbonyl (C=O) groups is 4. The van der Waals surface area contributed by atoms with Gasteiger partial charge in [0.2, 0.25) is 11.6 Å². The van der Waals surface area contributed by atoms with E-state index in [2.05, 4.69) is 0 Å². The van der Waals surface area contributed by atoms with Crippen LogP contribution in [0.3, 0.4) is 0 Å². The third-order valence-corrected chi connectivity index (χ3v) is 5.06. The Bertz CT molecular complexity index is 1410. The van der Waals surface area contributed by atoms with Crippen LogP contribution in [0.5, 0.6) is 0 Å². The van der Waals surface area contributed by atoms with Crippen LogP contribution in [0.2, 0.25) is 0 Å². The van der Waals surface area contributed by atoms with Gasteiger partial charge in [-0.2, -0.15) is 0 Å². The van der Waals surface area contributed by atoms with E-state index in [4.69, 9.17) is 9.47 Å². The summed E-state index contributed by atoms with van der Waals surface area (Å²) in [6, 6.07) is 12.0. The summed E-state index contributed by atoms with van der Waals surface area (Å²) < 4.78 is 10.6. The minimum absolute atomic E-state index is 0.106. The molecule has 0 bridgehead atoms. The van der Waals surface area contributed by atoms with Crippen LogP contribution in [-0.4, -0.2) is 23.5 Å². The number of Topliss-reactive ketones (excluding diaryl/α,β-unsaturated/α-hetero) is 2. The molecule has 0 spiro atoms. The van der Waals surface area contributed by atoms with Gasteiger partial charge in [0.25, 0.3) is 0 Å². The molecule has 0 saturated heterocycles. The Hall–Kier alpha value is -3.80. The highest BCUT2D eigenvalue weighted by Gasteiger charge is 2.36. The van der Waals surface area contributed by atoms with Gasteiger partial charge in [-0.3, -0.25) is 19.2 Å². The van der Waals surface area contributed by atoms with Crippen molar-refractivity contribution in [1.82, 2.24) is 0 Å². The smallest absolute Gasteiger partial charge is 0.308 e. The molecule has 2 aromatic carbocycles. The van der Waals surface area contributed by atoms with Crippen molar-refractivity contribution in [2.45, 2.75) is 27.2 Å². The predicted molar refractivity (Wildman–Crippen MR) is 108 cm³/mol. The fourth-order valence-corrected chi connectivity index (χ4v) is 3.82. The summed E-state index contributed by atoms with van der Waals surface area (Å²) >= 11 is 0. The molecule has 0 unspecified atom stereocenters. The second kappa shape index (κ2) is 7.22. The number of fused-ring (bicyclic) bond motifs is 3. The van der Waals surface area contributed by atoms with Gasteiger partial charge in [-0.1, -0.05) is 43.3 Å². The van der Waals surface area contributed by atoms with Crippen LogP contribution in [-0.2, 0) is 35.1 Å². The van der Waals surface area contributed by atoms with Gasteiger partial charge < -0.3 is 9.47 Å². The number of benzene rings is 2. The standard InChI is InChI=1S/C24H18O6/c1-4-14-9-10-16-18(11-14)24(30-13(3)26)22(28)19-15-7-5-6-8-17(15)23(29-12(2)25)21(27)20(16)19/h5-11H,4H2,1-3H3. The number of esters is 2. The van der Waals surface area contributed by atoms with Crippen molar-refractivity contribution < 1.29 is 28.7 Å². The van der Waals surface area contributed by atoms with Gasteiger partial charge in [-0.05, 0) is 28.5 Å². The fourth-order valence-electron chi connectivity index (χ4n) is 3.82. The molecule has 0 amide bonds. The fraction of sp³-hybridized carbons (Fsp3) is 0.167. The Morgan fingerprint density at radius 2 is 1.23 bits per heavy atom. The van der Waals surface area contributed by atoms with Crippen LogP contribution < -0.4 is 20.9 Å². The summed E-state index contributed by atoms with van der Waals surface area (Å²) in [6.07, 6.45) is 0.697. The maximum Gasteiger partial charge on any atom is 0.308 e. The van der Waals surface area contributed by atoms with Crippen molar-refractivity contribution >= 4 is 46.2 Å². The van der Waals surface area contributed by atoms with Crippen molar-refractivity contribution in [2.75, 3.05) is 0 Å². The molecule has 4 rings (SSSR count). The van der Waals surface area contributed by atoms with Crippen LogP contribution in [0.1, 0.15) is 26.3 Å². The summed E-state index contributed by atoms with van der Waals surface area (Å²) in [5.41, 5.74) is 1.20. The highest BCUT2D eigenvalue weighted by molar-refractivity contribution is 6.58.